The summed E-state index contributed by atoms with van der Waals surface area (Å²) in [6.45, 7) is -0.640. The Kier molecular flexibility index (Phi) is 3.64. The Hall–Kier alpha value is -1.36. The van der Waals surface area contributed by atoms with E-state index in [9.17, 15) is 14.9 Å². The molecule has 0 aromatic heterocycles. The molecule has 5 heteroatoms. The molecule has 0 N–H and O–H groups in total. The number of nitrogens with zero attached hydrogens (tertiary/aromatic N) is 1. The smallest absolute Gasteiger partial charge is 0.265 e. The summed E-state index contributed by atoms with van der Waals surface area (Å²) in [6, 6.07) is 6.77. The molecule has 0 heterocycles. The third-order valence-corrected chi connectivity index (χ3v) is 2.43. The Balaban J connectivity index is 2.76. The SMILES string of the molecule is CSc1ccc(C(=O)C[N+](=O)[O-])cc1. The van der Waals surface area contributed by atoms with E-state index in [0.717, 1.165) is 4.90 Å². The molecule has 0 aliphatic rings. The maximum Gasteiger partial charge on any atom is 0.265 e. The van der Waals surface area contributed by atoms with Crippen molar-refractivity contribution >= 4 is 17.5 Å². The minimum absolute atomic E-state index is 0.388. The molecular weight excluding hydrogens is 202 g/mol. The first-order valence-corrected chi connectivity index (χ1v) is 5.15. The molecule has 0 saturated carbocycles. The number of hydrogen-bond acceptors (Lipinski definition) is 4. The summed E-state index contributed by atoms with van der Waals surface area (Å²) in [5.41, 5.74) is 0.388. The fourth-order valence-corrected chi connectivity index (χ4v) is 1.39. The lowest BCUT2D eigenvalue weighted by Crippen LogP contribution is -2.13. The van der Waals surface area contributed by atoms with Crippen LogP contribution in [0, 0.1) is 10.1 Å². The number of hydrogen-bond donors (Lipinski definition) is 0. The highest BCUT2D eigenvalue weighted by atomic mass is 32.2. The summed E-state index contributed by atoms with van der Waals surface area (Å²) in [6.07, 6.45) is 1.92. The normalized spacial score (nSPS) is 9.79. The van der Waals surface area contributed by atoms with Gasteiger partial charge in [-0.05, 0) is 18.4 Å². The van der Waals surface area contributed by atoms with Gasteiger partial charge in [0.1, 0.15) is 0 Å². The Morgan fingerprint density at radius 3 is 2.43 bits per heavy atom. The first-order chi connectivity index (χ1) is 6.63. The molecule has 0 saturated heterocycles. The van der Waals surface area contributed by atoms with Gasteiger partial charge in [0.2, 0.25) is 5.78 Å². The number of ketones is 1. The molecule has 0 amide bonds. The van der Waals surface area contributed by atoms with Crippen LogP contribution in [0.2, 0.25) is 0 Å². The van der Waals surface area contributed by atoms with Crippen LogP contribution in [0.25, 0.3) is 0 Å². The van der Waals surface area contributed by atoms with Gasteiger partial charge >= 0.3 is 0 Å². The van der Waals surface area contributed by atoms with E-state index in [1.54, 1.807) is 36.0 Å². The van der Waals surface area contributed by atoms with Gasteiger partial charge in [0.05, 0.1) is 0 Å². The second-order valence-corrected chi connectivity index (χ2v) is 3.52. The minimum atomic E-state index is -0.640. The summed E-state index contributed by atoms with van der Waals surface area (Å²) >= 11 is 1.56. The maximum absolute atomic E-state index is 11.2. The zero-order valence-electron chi connectivity index (χ0n) is 7.60. The number of nitro groups is 1. The van der Waals surface area contributed by atoms with E-state index in [1.807, 2.05) is 6.26 Å². The first kappa shape index (κ1) is 10.7. The fourth-order valence-electron chi connectivity index (χ4n) is 0.985. The van der Waals surface area contributed by atoms with Gasteiger partial charge in [-0.2, -0.15) is 0 Å². The van der Waals surface area contributed by atoms with Gasteiger partial charge in [0.25, 0.3) is 6.54 Å². The lowest BCUT2D eigenvalue weighted by Gasteiger charge is -1.98. The van der Waals surface area contributed by atoms with Crippen LogP contribution in [0.4, 0.5) is 0 Å². The molecular formula is C9H9NO3S. The molecule has 0 aliphatic carbocycles. The molecule has 0 bridgehead atoms. The molecule has 1 aromatic rings. The van der Waals surface area contributed by atoms with Crippen molar-refractivity contribution in [1.29, 1.82) is 0 Å². The maximum atomic E-state index is 11.2. The monoisotopic (exact) mass is 211 g/mol. The number of carbonyl (C=O) groups is 1. The second-order valence-electron chi connectivity index (χ2n) is 2.64. The molecule has 0 atom stereocenters. The molecule has 74 valence electrons. The molecule has 14 heavy (non-hydrogen) atoms. The lowest BCUT2D eigenvalue weighted by molar-refractivity contribution is -0.465. The Morgan fingerprint density at radius 1 is 1.43 bits per heavy atom. The predicted octanol–water partition coefficient (Wildman–Crippen LogP) is 1.87. The molecule has 0 spiro atoms. The zero-order chi connectivity index (χ0) is 10.6. The van der Waals surface area contributed by atoms with Crippen LogP contribution in [0.5, 0.6) is 0 Å². The predicted molar refractivity (Wildman–Crippen MR) is 54.4 cm³/mol. The van der Waals surface area contributed by atoms with E-state index in [2.05, 4.69) is 0 Å². The average Bonchev–Trinajstić information content (AvgIpc) is 2.17. The highest BCUT2D eigenvalue weighted by Crippen LogP contribution is 2.14. The van der Waals surface area contributed by atoms with Gasteiger partial charge in [-0.15, -0.1) is 11.8 Å². The molecule has 1 rings (SSSR count). The summed E-state index contributed by atoms with van der Waals surface area (Å²) < 4.78 is 0. The van der Waals surface area contributed by atoms with Crippen molar-refractivity contribution in [1.82, 2.24) is 0 Å². The van der Waals surface area contributed by atoms with Crippen molar-refractivity contribution in [3.63, 3.8) is 0 Å². The number of carbonyl (C=O) groups excluding carboxylic acids is 1. The molecule has 0 fully saturated rings. The van der Waals surface area contributed by atoms with Crippen LogP contribution in [-0.2, 0) is 0 Å². The summed E-state index contributed by atoms with van der Waals surface area (Å²) in [5.74, 6) is -0.456. The van der Waals surface area contributed by atoms with Crippen LogP contribution < -0.4 is 0 Å². The van der Waals surface area contributed by atoms with Crippen LogP contribution >= 0.6 is 11.8 Å². The topological polar surface area (TPSA) is 60.2 Å². The molecule has 0 aliphatic heterocycles. The summed E-state index contributed by atoms with van der Waals surface area (Å²) in [5, 5.41) is 10.1. The first-order valence-electron chi connectivity index (χ1n) is 3.92. The Labute approximate surface area is 85.5 Å². The molecule has 1 aromatic carbocycles. The van der Waals surface area contributed by atoms with Crippen LogP contribution in [0.15, 0.2) is 29.2 Å². The van der Waals surface area contributed by atoms with Crippen molar-refractivity contribution in [3.8, 4) is 0 Å². The van der Waals surface area contributed by atoms with E-state index in [0.29, 0.717) is 5.56 Å². The number of Topliss-reactive ketones (excluding diaryl/α,β-unsaturated/α-hetero) is 1. The zero-order valence-corrected chi connectivity index (χ0v) is 8.41. The molecule has 0 unspecified atom stereocenters. The summed E-state index contributed by atoms with van der Waals surface area (Å²) in [7, 11) is 0. The average molecular weight is 211 g/mol. The van der Waals surface area contributed by atoms with Gasteiger partial charge in [0.15, 0.2) is 0 Å². The number of thioether (sulfide) groups is 1. The van der Waals surface area contributed by atoms with E-state index >= 15 is 0 Å². The third kappa shape index (κ3) is 2.85. The van der Waals surface area contributed by atoms with Gasteiger partial charge in [-0.25, -0.2) is 0 Å². The minimum Gasteiger partial charge on any atom is -0.287 e. The highest BCUT2D eigenvalue weighted by Gasteiger charge is 2.11. The summed E-state index contributed by atoms with van der Waals surface area (Å²) in [4.78, 5) is 21.7. The molecule has 0 radical (unpaired) electrons. The molecule has 4 nitrogen and oxygen atoms in total. The van der Waals surface area contributed by atoms with Crippen molar-refractivity contribution in [2.24, 2.45) is 0 Å². The highest BCUT2D eigenvalue weighted by molar-refractivity contribution is 7.98. The van der Waals surface area contributed by atoms with E-state index in [1.165, 1.54) is 0 Å². The van der Waals surface area contributed by atoms with E-state index < -0.39 is 17.3 Å². The Morgan fingerprint density at radius 2 is 2.00 bits per heavy atom. The van der Waals surface area contributed by atoms with E-state index in [4.69, 9.17) is 0 Å². The number of rotatable bonds is 4. The second kappa shape index (κ2) is 4.76. The van der Waals surface area contributed by atoms with Gasteiger partial charge < -0.3 is 0 Å². The number of benzene rings is 1. The van der Waals surface area contributed by atoms with Crippen molar-refractivity contribution < 1.29 is 9.72 Å². The van der Waals surface area contributed by atoms with Gasteiger partial charge in [0, 0.05) is 15.4 Å². The lowest BCUT2D eigenvalue weighted by atomic mass is 10.1. The largest absolute Gasteiger partial charge is 0.287 e. The van der Waals surface area contributed by atoms with Crippen molar-refractivity contribution in [2.45, 2.75) is 4.90 Å². The Bertz CT molecular complexity index is 348. The van der Waals surface area contributed by atoms with Gasteiger partial charge in [-0.1, -0.05) is 12.1 Å². The third-order valence-electron chi connectivity index (χ3n) is 1.68. The van der Waals surface area contributed by atoms with Crippen molar-refractivity contribution in [3.05, 3.63) is 39.9 Å². The van der Waals surface area contributed by atoms with Crippen LogP contribution in [0.1, 0.15) is 10.4 Å². The van der Waals surface area contributed by atoms with Crippen LogP contribution in [-0.4, -0.2) is 23.5 Å². The van der Waals surface area contributed by atoms with Gasteiger partial charge in [-0.3, -0.25) is 14.9 Å². The van der Waals surface area contributed by atoms with E-state index in [-0.39, 0.29) is 0 Å². The van der Waals surface area contributed by atoms with Crippen molar-refractivity contribution in [2.75, 3.05) is 12.8 Å². The van der Waals surface area contributed by atoms with Crippen LogP contribution in [0.3, 0.4) is 0 Å². The standard InChI is InChI=1S/C9H9NO3S/c1-14-8-4-2-7(3-5-8)9(11)6-10(12)13/h2-5H,6H2,1H3. The quantitative estimate of drug-likeness (QED) is 0.330. The fraction of sp³-hybridized carbons (Fsp3) is 0.222.